The first-order valence-corrected chi connectivity index (χ1v) is 7.81. The predicted octanol–water partition coefficient (Wildman–Crippen LogP) is 2.06. The minimum absolute atomic E-state index is 0.0776. The maximum Gasteiger partial charge on any atom is 0.365 e. The maximum absolute atomic E-state index is 12.2. The molecule has 1 aromatic carbocycles. The van der Waals surface area contributed by atoms with Gasteiger partial charge < -0.3 is 15.0 Å². The minimum atomic E-state index is -0.122. The van der Waals surface area contributed by atoms with Gasteiger partial charge in [-0.25, -0.2) is 4.79 Å². The van der Waals surface area contributed by atoms with Crippen molar-refractivity contribution in [3.63, 3.8) is 0 Å². The van der Waals surface area contributed by atoms with Gasteiger partial charge in [0, 0.05) is 17.3 Å². The number of hydrogen-bond acceptors (Lipinski definition) is 2. The summed E-state index contributed by atoms with van der Waals surface area (Å²) in [4.78, 5) is 15.7. The Morgan fingerprint density at radius 1 is 1.43 bits per heavy atom. The number of H-pyrrole nitrogens is 1. The summed E-state index contributed by atoms with van der Waals surface area (Å²) >= 11 is 0. The number of ether oxygens (including phenoxy) is 1. The van der Waals surface area contributed by atoms with Crippen LogP contribution in [0.5, 0.6) is 0 Å². The highest BCUT2D eigenvalue weighted by molar-refractivity contribution is 5.86. The van der Waals surface area contributed by atoms with Crippen molar-refractivity contribution in [2.75, 3.05) is 6.61 Å². The van der Waals surface area contributed by atoms with Crippen molar-refractivity contribution in [2.45, 2.75) is 45.2 Å². The minimum Gasteiger partial charge on any atom is -0.461 e. The summed E-state index contributed by atoms with van der Waals surface area (Å²) in [5.41, 5.74) is 3.68. The Labute approximate surface area is 124 Å². The summed E-state index contributed by atoms with van der Waals surface area (Å²) in [5, 5.41) is 3.35. The highest BCUT2D eigenvalue weighted by Crippen LogP contribution is 2.28. The van der Waals surface area contributed by atoms with E-state index in [2.05, 4.69) is 36.3 Å². The largest absolute Gasteiger partial charge is 0.461 e. The number of para-hydroxylation sites is 1. The van der Waals surface area contributed by atoms with Crippen molar-refractivity contribution < 1.29 is 14.8 Å². The molecular formula is C17H23N2O2+. The lowest BCUT2D eigenvalue weighted by Gasteiger charge is -2.24. The van der Waals surface area contributed by atoms with Crippen LogP contribution in [0.4, 0.5) is 0 Å². The number of aromatic amines is 1. The molecule has 0 saturated heterocycles. The number of carbonyl (C=O) groups excluding carboxylic acids is 1. The summed E-state index contributed by atoms with van der Waals surface area (Å²) in [6.45, 7) is 4.77. The molecule has 2 atom stereocenters. The molecular weight excluding hydrogens is 264 g/mol. The van der Waals surface area contributed by atoms with Crippen LogP contribution >= 0.6 is 0 Å². The Balaban J connectivity index is 1.82. The second-order valence-electron chi connectivity index (χ2n) is 5.88. The van der Waals surface area contributed by atoms with Gasteiger partial charge in [-0.3, -0.25) is 0 Å². The third-order valence-corrected chi connectivity index (χ3v) is 4.29. The number of carbonyl (C=O) groups is 1. The van der Waals surface area contributed by atoms with Crippen LogP contribution in [0.15, 0.2) is 24.3 Å². The molecule has 4 nitrogen and oxygen atoms in total. The van der Waals surface area contributed by atoms with Gasteiger partial charge in [-0.2, -0.15) is 0 Å². The fourth-order valence-electron chi connectivity index (χ4n) is 3.15. The molecule has 4 heteroatoms. The number of nitrogens with two attached hydrogens (primary N) is 1. The average molecular weight is 287 g/mol. The van der Waals surface area contributed by atoms with E-state index >= 15 is 0 Å². The average Bonchev–Trinajstić information content (AvgIpc) is 2.87. The molecule has 0 aliphatic carbocycles. The number of hydrogen-bond donors (Lipinski definition) is 2. The molecule has 3 rings (SSSR count). The molecule has 0 saturated carbocycles. The summed E-state index contributed by atoms with van der Waals surface area (Å²) in [6, 6.07) is 8.44. The van der Waals surface area contributed by atoms with Crippen molar-refractivity contribution in [1.82, 2.24) is 4.98 Å². The van der Waals surface area contributed by atoms with E-state index in [-0.39, 0.29) is 18.1 Å². The van der Waals surface area contributed by atoms with Gasteiger partial charge in [0.2, 0.25) is 0 Å². The standard InChI is InChI=1S/C17H22N2O2/c1-3-4-9-21-17(20)15-10-13-12-7-5-6-8-14(12)19-16(13)11(2)18-15/h5-8,11,15,18-19H,3-4,9-10H2,1-2H3/p+1/t11-,15-/m1/s1. The number of benzene rings is 1. The highest BCUT2D eigenvalue weighted by Gasteiger charge is 2.35. The third-order valence-electron chi connectivity index (χ3n) is 4.29. The maximum atomic E-state index is 12.2. The van der Waals surface area contributed by atoms with Gasteiger partial charge >= 0.3 is 5.97 Å². The first-order chi connectivity index (χ1) is 10.2. The van der Waals surface area contributed by atoms with Gasteiger partial charge in [0.15, 0.2) is 6.04 Å². The summed E-state index contributed by atoms with van der Waals surface area (Å²) in [7, 11) is 0. The van der Waals surface area contributed by atoms with Crippen molar-refractivity contribution in [3.8, 4) is 0 Å². The fourth-order valence-corrected chi connectivity index (χ4v) is 3.15. The molecule has 1 aromatic heterocycles. The van der Waals surface area contributed by atoms with Gasteiger partial charge in [0.05, 0.1) is 12.3 Å². The van der Waals surface area contributed by atoms with Gasteiger partial charge in [-0.1, -0.05) is 31.5 Å². The Bertz CT molecular complexity index is 647. The van der Waals surface area contributed by atoms with Gasteiger partial charge in [0.25, 0.3) is 0 Å². The van der Waals surface area contributed by atoms with E-state index in [1.54, 1.807) is 0 Å². The van der Waals surface area contributed by atoms with Gasteiger partial charge in [-0.05, 0) is 25.0 Å². The summed E-state index contributed by atoms with van der Waals surface area (Å²) in [5.74, 6) is -0.0776. The first-order valence-electron chi connectivity index (χ1n) is 7.81. The van der Waals surface area contributed by atoms with Crippen LogP contribution in [0.2, 0.25) is 0 Å². The number of nitrogens with one attached hydrogen (secondary N) is 1. The Hall–Kier alpha value is -1.81. The Morgan fingerprint density at radius 2 is 2.24 bits per heavy atom. The normalized spacial score (nSPS) is 21.2. The lowest BCUT2D eigenvalue weighted by atomic mass is 9.94. The molecule has 1 aliphatic rings. The number of esters is 1. The van der Waals surface area contributed by atoms with Gasteiger partial charge in [-0.15, -0.1) is 0 Å². The number of unbranched alkanes of at least 4 members (excludes halogenated alkanes) is 1. The first kappa shape index (κ1) is 14.1. The zero-order chi connectivity index (χ0) is 14.8. The van der Waals surface area contributed by atoms with Crippen LogP contribution in [-0.4, -0.2) is 23.6 Å². The molecule has 0 bridgehead atoms. The summed E-state index contributed by atoms with van der Waals surface area (Å²) in [6.07, 6.45) is 2.73. The van der Waals surface area contributed by atoms with Crippen molar-refractivity contribution in [3.05, 3.63) is 35.5 Å². The molecule has 0 fully saturated rings. The van der Waals surface area contributed by atoms with E-state index in [0.717, 1.165) is 24.8 Å². The second-order valence-corrected chi connectivity index (χ2v) is 5.88. The molecule has 0 amide bonds. The Morgan fingerprint density at radius 3 is 3.05 bits per heavy atom. The lowest BCUT2D eigenvalue weighted by molar-refractivity contribution is -0.718. The van der Waals surface area contributed by atoms with E-state index in [9.17, 15) is 4.79 Å². The summed E-state index contributed by atoms with van der Waals surface area (Å²) < 4.78 is 5.39. The molecule has 112 valence electrons. The van der Waals surface area contributed by atoms with Crippen molar-refractivity contribution >= 4 is 16.9 Å². The molecule has 0 spiro atoms. The smallest absolute Gasteiger partial charge is 0.365 e. The van der Waals surface area contributed by atoms with Crippen LogP contribution in [-0.2, 0) is 16.0 Å². The second kappa shape index (κ2) is 5.90. The van der Waals surface area contributed by atoms with Crippen molar-refractivity contribution in [2.24, 2.45) is 0 Å². The van der Waals surface area contributed by atoms with Crippen LogP contribution < -0.4 is 5.32 Å². The van der Waals surface area contributed by atoms with Crippen LogP contribution in [0.3, 0.4) is 0 Å². The number of aromatic nitrogens is 1. The molecule has 0 radical (unpaired) electrons. The van der Waals surface area contributed by atoms with Crippen molar-refractivity contribution in [1.29, 1.82) is 0 Å². The third kappa shape index (κ3) is 2.68. The highest BCUT2D eigenvalue weighted by atomic mass is 16.5. The molecule has 2 heterocycles. The predicted molar refractivity (Wildman–Crippen MR) is 82.0 cm³/mol. The molecule has 21 heavy (non-hydrogen) atoms. The van der Waals surface area contributed by atoms with E-state index in [4.69, 9.17) is 4.74 Å². The lowest BCUT2D eigenvalue weighted by Crippen LogP contribution is -2.94. The molecule has 0 unspecified atom stereocenters. The zero-order valence-corrected chi connectivity index (χ0v) is 12.7. The number of fused-ring (bicyclic) bond motifs is 3. The quantitative estimate of drug-likeness (QED) is 0.668. The van der Waals surface area contributed by atoms with Gasteiger partial charge in [0.1, 0.15) is 6.04 Å². The molecule has 1 aliphatic heterocycles. The topological polar surface area (TPSA) is 58.7 Å². The van der Waals surface area contributed by atoms with Crippen LogP contribution in [0, 0.1) is 0 Å². The Kier molecular flexibility index (Phi) is 3.97. The molecule has 3 N–H and O–H groups in total. The monoisotopic (exact) mass is 287 g/mol. The fraction of sp³-hybridized carbons (Fsp3) is 0.471. The van der Waals surface area contributed by atoms with E-state index in [1.165, 1.54) is 16.6 Å². The SMILES string of the molecule is CCCCOC(=O)[C@H]1Cc2c([nH]c3ccccc23)[C@@H](C)[NH2+]1. The number of rotatable bonds is 4. The molecule has 2 aromatic rings. The van der Waals surface area contributed by atoms with E-state index in [1.807, 2.05) is 12.1 Å². The number of quaternary nitrogens is 1. The van der Waals surface area contributed by atoms with E-state index < -0.39 is 0 Å². The van der Waals surface area contributed by atoms with Crippen LogP contribution in [0.25, 0.3) is 10.9 Å². The van der Waals surface area contributed by atoms with Crippen LogP contribution in [0.1, 0.15) is 44.0 Å². The van der Waals surface area contributed by atoms with E-state index in [0.29, 0.717) is 6.61 Å². The zero-order valence-electron chi connectivity index (χ0n) is 12.7.